The van der Waals surface area contributed by atoms with Crippen molar-refractivity contribution in [2.75, 3.05) is 23.7 Å². The van der Waals surface area contributed by atoms with Gasteiger partial charge in [0, 0.05) is 22.5 Å². The summed E-state index contributed by atoms with van der Waals surface area (Å²) in [5, 5.41) is 5.80. The van der Waals surface area contributed by atoms with Crippen LogP contribution in [0.2, 0.25) is 0 Å². The molecule has 0 radical (unpaired) electrons. The fraction of sp³-hybridized carbons (Fsp3) is 0.125. The molecule has 7 heteroatoms. The second-order valence-electron chi connectivity index (χ2n) is 7.28. The number of nitrogens with zero attached hydrogens (tertiary/aromatic N) is 1. The summed E-state index contributed by atoms with van der Waals surface area (Å²) in [6, 6.07) is 23.5. The first-order chi connectivity index (χ1) is 15.0. The average Bonchev–Trinajstić information content (AvgIpc) is 2.93. The average molecular weight is 414 g/mol. The van der Waals surface area contributed by atoms with Crippen molar-refractivity contribution in [3.05, 3.63) is 95.6 Å². The fourth-order valence-electron chi connectivity index (χ4n) is 3.72. The Bertz CT molecular complexity index is 1110. The number of para-hydroxylation sites is 1. The molecule has 1 aliphatic heterocycles. The van der Waals surface area contributed by atoms with Gasteiger partial charge in [0.2, 0.25) is 11.8 Å². The molecular weight excluding hydrogens is 392 g/mol. The highest BCUT2D eigenvalue weighted by Gasteiger charge is 2.33. The van der Waals surface area contributed by atoms with Gasteiger partial charge in [0.25, 0.3) is 5.91 Å². The van der Waals surface area contributed by atoms with Gasteiger partial charge >= 0.3 is 0 Å². The van der Waals surface area contributed by atoms with E-state index in [1.54, 1.807) is 29.2 Å². The van der Waals surface area contributed by atoms with E-state index in [-0.39, 0.29) is 24.9 Å². The van der Waals surface area contributed by atoms with Crippen molar-refractivity contribution in [3.63, 3.8) is 0 Å². The van der Waals surface area contributed by atoms with Crippen molar-refractivity contribution in [1.82, 2.24) is 4.90 Å². The van der Waals surface area contributed by atoms with Crippen LogP contribution in [0, 0.1) is 0 Å². The number of nitrogens with one attached hydrogen (secondary N) is 2. The van der Waals surface area contributed by atoms with E-state index < -0.39 is 11.9 Å². The number of anilines is 2. The van der Waals surface area contributed by atoms with Gasteiger partial charge in [-0.15, -0.1) is 0 Å². The number of carbonyl (C=O) groups is 3. The summed E-state index contributed by atoms with van der Waals surface area (Å²) in [5.41, 5.74) is 8.74. The summed E-state index contributed by atoms with van der Waals surface area (Å²) in [4.78, 5) is 38.7. The SMILES string of the molecule is NC(=O)CNc1ccc(C(=O)N2CC(=O)Nc3ccccc3C2c2ccccc2)cc1. The molecule has 0 spiro atoms. The van der Waals surface area contributed by atoms with Gasteiger partial charge in [-0.3, -0.25) is 14.4 Å². The predicted octanol–water partition coefficient (Wildman–Crippen LogP) is 2.77. The van der Waals surface area contributed by atoms with Crippen molar-refractivity contribution >= 4 is 29.1 Å². The molecule has 0 aromatic heterocycles. The smallest absolute Gasteiger partial charge is 0.255 e. The van der Waals surface area contributed by atoms with Gasteiger partial charge in [0.15, 0.2) is 0 Å². The van der Waals surface area contributed by atoms with Crippen LogP contribution in [0.1, 0.15) is 27.5 Å². The Hall–Kier alpha value is -4.13. The number of amides is 3. The molecule has 3 aromatic carbocycles. The molecule has 0 bridgehead atoms. The Morgan fingerprint density at radius 1 is 0.968 bits per heavy atom. The van der Waals surface area contributed by atoms with E-state index >= 15 is 0 Å². The Kier molecular flexibility index (Phi) is 5.66. The van der Waals surface area contributed by atoms with Gasteiger partial charge in [0.05, 0.1) is 12.6 Å². The van der Waals surface area contributed by atoms with Crippen LogP contribution >= 0.6 is 0 Å². The second-order valence-corrected chi connectivity index (χ2v) is 7.28. The Morgan fingerprint density at radius 2 is 1.65 bits per heavy atom. The van der Waals surface area contributed by atoms with Crippen LogP contribution in [-0.2, 0) is 9.59 Å². The summed E-state index contributed by atoms with van der Waals surface area (Å²) in [7, 11) is 0. The Balaban J connectivity index is 1.71. The summed E-state index contributed by atoms with van der Waals surface area (Å²) in [5.74, 6) is -0.985. The molecule has 4 N–H and O–H groups in total. The van der Waals surface area contributed by atoms with E-state index in [1.807, 2.05) is 54.6 Å². The summed E-state index contributed by atoms with van der Waals surface area (Å²) in [6.07, 6.45) is 0. The lowest BCUT2D eigenvalue weighted by Crippen LogP contribution is -2.39. The first-order valence-electron chi connectivity index (χ1n) is 9.90. The highest BCUT2D eigenvalue weighted by atomic mass is 16.2. The molecule has 0 aliphatic carbocycles. The Labute approximate surface area is 179 Å². The summed E-state index contributed by atoms with van der Waals surface area (Å²) >= 11 is 0. The van der Waals surface area contributed by atoms with Crippen molar-refractivity contribution in [1.29, 1.82) is 0 Å². The van der Waals surface area contributed by atoms with E-state index in [2.05, 4.69) is 10.6 Å². The minimum Gasteiger partial charge on any atom is -0.376 e. The number of primary amides is 1. The lowest BCUT2D eigenvalue weighted by atomic mass is 9.95. The van der Waals surface area contributed by atoms with Gasteiger partial charge in [-0.05, 0) is 35.9 Å². The van der Waals surface area contributed by atoms with Gasteiger partial charge in [-0.2, -0.15) is 0 Å². The van der Waals surface area contributed by atoms with E-state index in [1.165, 1.54) is 0 Å². The third-order valence-corrected chi connectivity index (χ3v) is 5.13. The molecule has 0 fully saturated rings. The topological polar surface area (TPSA) is 105 Å². The summed E-state index contributed by atoms with van der Waals surface area (Å²) < 4.78 is 0. The largest absolute Gasteiger partial charge is 0.376 e. The molecule has 7 nitrogen and oxygen atoms in total. The van der Waals surface area contributed by atoms with Gasteiger partial charge in [-0.1, -0.05) is 48.5 Å². The molecule has 1 heterocycles. The maximum atomic E-state index is 13.5. The zero-order valence-corrected chi connectivity index (χ0v) is 16.7. The van der Waals surface area contributed by atoms with Crippen LogP contribution < -0.4 is 16.4 Å². The highest BCUT2D eigenvalue weighted by Crippen LogP contribution is 2.36. The molecule has 3 amide bonds. The van der Waals surface area contributed by atoms with E-state index in [0.717, 1.165) is 11.1 Å². The van der Waals surface area contributed by atoms with Crippen LogP contribution in [0.15, 0.2) is 78.9 Å². The number of hydrogen-bond acceptors (Lipinski definition) is 4. The maximum absolute atomic E-state index is 13.5. The highest BCUT2D eigenvalue weighted by molar-refractivity contribution is 6.01. The molecule has 1 unspecified atom stereocenters. The van der Waals surface area contributed by atoms with Crippen LogP contribution in [0.3, 0.4) is 0 Å². The summed E-state index contributed by atoms with van der Waals surface area (Å²) in [6.45, 7) is -0.0682. The minimum absolute atomic E-state index is 0.00640. The molecule has 0 saturated heterocycles. The quantitative estimate of drug-likeness (QED) is 0.597. The molecule has 156 valence electrons. The molecule has 0 saturated carbocycles. The van der Waals surface area contributed by atoms with Crippen molar-refractivity contribution < 1.29 is 14.4 Å². The van der Waals surface area contributed by atoms with Crippen LogP contribution in [0.25, 0.3) is 0 Å². The lowest BCUT2D eigenvalue weighted by Gasteiger charge is -2.30. The molecule has 4 rings (SSSR count). The molecule has 1 aliphatic rings. The van der Waals surface area contributed by atoms with Gasteiger partial charge in [-0.25, -0.2) is 0 Å². The van der Waals surface area contributed by atoms with Gasteiger partial charge in [0.1, 0.15) is 6.54 Å². The second kappa shape index (κ2) is 8.71. The standard InChI is InChI=1S/C24H22N4O3/c25-21(29)14-26-18-12-10-17(11-13-18)24(31)28-15-22(30)27-20-9-5-4-8-19(20)23(28)16-6-2-1-3-7-16/h1-13,23,26H,14-15H2,(H2,25,29)(H,27,30). The third kappa shape index (κ3) is 4.40. The normalized spacial score (nSPS) is 15.4. The first kappa shape index (κ1) is 20.2. The number of hydrogen-bond donors (Lipinski definition) is 3. The Morgan fingerprint density at radius 3 is 2.35 bits per heavy atom. The predicted molar refractivity (Wildman–Crippen MR) is 119 cm³/mol. The van der Waals surface area contributed by atoms with E-state index in [4.69, 9.17) is 5.73 Å². The van der Waals surface area contributed by atoms with E-state index in [0.29, 0.717) is 16.9 Å². The number of rotatable bonds is 5. The molecule has 3 aromatic rings. The third-order valence-electron chi connectivity index (χ3n) is 5.13. The lowest BCUT2D eigenvalue weighted by molar-refractivity contribution is -0.117. The van der Waals surface area contributed by atoms with Crippen molar-refractivity contribution in [3.8, 4) is 0 Å². The van der Waals surface area contributed by atoms with Crippen molar-refractivity contribution in [2.45, 2.75) is 6.04 Å². The van der Waals surface area contributed by atoms with E-state index in [9.17, 15) is 14.4 Å². The monoisotopic (exact) mass is 414 g/mol. The maximum Gasteiger partial charge on any atom is 0.255 e. The number of nitrogens with two attached hydrogens (primary N) is 1. The zero-order chi connectivity index (χ0) is 21.8. The van der Waals surface area contributed by atoms with Crippen molar-refractivity contribution in [2.24, 2.45) is 5.73 Å². The number of fused-ring (bicyclic) bond motifs is 1. The molecule has 1 atom stereocenters. The van der Waals surface area contributed by atoms with Gasteiger partial charge < -0.3 is 21.3 Å². The van der Waals surface area contributed by atoms with Crippen LogP contribution in [-0.4, -0.2) is 35.7 Å². The molecular formula is C24H22N4O3. The fourth-order valence-corrected chi connectivity index (χ4v) is 3.72. The first-order valence-corrected chi connectivity index (χ1v) is 9.90. The number of carbonyl (C=O) groups excluding carboxylic acids is 3. The number of benzene rings is 3. The van der Waals surface area contributed by atoms with Crippen LogP contribution in [0.4, 0.5) is 11.4 Å². The minimum atomic E-state index is -0.472. The zero-order valence-electron chi connectivity index (χ0n) is 16.7. The van der Waals surface area contributed by atoms with Crippen LogP contribution in [0.5, 0.6) is 0 Å². The molecule has 31 heavy (non-hydrogen) atoms.